The van der Waals surface area contributed by atoms with E-state index in [4.69, 9.17) is 4.74 Å². The molecule has 0 saturated heterocycles. The minimum atomic E-state index is 0.0744. The predicted molar refractivity (Wildman–Crippen MR) is 96.9 cm³/mol. The summed E-state index contributed by atoms with van der Waals surface area (Å²) in [5.74, 6) is 1.50. The monoisotopic (exact) mass is 318 g/mol. The predicted octanol–water partition coefficient (Wildman–Crippen LogP) is 5.52. The Balaban J connectivity index is 2.03. The zero-order chi connectivity index (χ0) is 15.8. The number of hydrogen-bond donors (Lipinski definition) is 0. The Bertz CT molecular complexity index is 1070. The number of aryl methyl sites for hydroxylation is 1. The minimum Gasteiger partial charge on any atom is -0.456 e. The van der Waals surface area contributed by atoms with Crippen LogP contribution in [-0.2, 0) is 0 Å². The topological polar surface area (TPSA) is 26.3 Å². The molecule has 0 spiro atoms. The number of rotatable bonds is 2. The molecule has 23 heavy (non-hydrogen) atoms. The van der Waals surface area contributed by atoms with Gasteiger partial charge in [-0.05, 0) is 42.8 Å². The molecule has 3 aromatic carbocycles. The molecule has 0 radical (unpaired) electrons. The molecule has 2 nitrogen and oxygen atoms in total. The first kappa shape index (κ1) is 14.0. The van der Waals surface area contributed by atoms with Gasteiger partial charge in [-0.15, -0.1) is 11.3 Å². The Morgan fingerprint density at radius 1 is 0.870 bits per heavy atom. The largest absolute Gasteiger partial charge is 0.456 e. The summed E-state index contributed by atoms with van der Waals surface area (Å²) in [6.45, 7) is 1.97. The highest BCUT2D eigenvalue weighted by Crippen LogP contribution is 2.35. The smallest absolute Gasteiger partial charge is 0.196 e. The Morgan fingerprint density at radius 2 is 1.61 bits per heavy atom. The molecule has 3 heteroatoms. The van der Waals surface area contributed by atoms with Crippen molar-refractivity contribution in [2.75, 3.05) is 0 Å². The van der Waals surface area contributed by atoms with Gasteiger partial charge in [0.05, 0.1) is 4.70 Å². The fourth-order valence-electron chi connectivity index (χ4n) is 2.73. The SMILES string of the molecule is Cc1ccc(Oc2ccccc2)c2sc3ccccc3c(=O)c12. The number of fused-ring (bicyclic) bond motifs is 2. The lowest BCUT2D eigenvalue weighted by atomic mass is 10.1. The van der Waals surface area contributed by atoms with Crippen LogP contribution < -0.4 is 10.2 Å². The van der Waals surface area contributed by atoms with E-state index in [2.05, 4.69) is 0 Å². The highest BCUT2D eigenvalue weighted by atomic mass is 32.1. The lowest BCUT2D eigenvalue weighted by Gasteiger charge is -2.10. The molecule has 0 aliphatic carbocycles. The Labute approximate surface area is 137 Å². The van der Waals surface area contributed by atoms with E-state index in [1.165, 1.54) is 0 Å². The van der Waals surface area contributed by atoms with Crippen LogP contribution in [0.3, 0.4) is 0 Å². The Kier molecular flexibility index (Phi) is 3.36. The molecule has 0 unspecified atom stereocenters. The average Bonchev–Trinajstić information content (AvgIpc) is 2.58. The third-order valence-electron chi connectivity index (χ3n) is 3.87. The zero-order valence-electron chi connectivity index (χ0n) is 12.6. The Hall–Kier alpha value is -2.65. The summed E-state index contributed by atoms with van der Waals surface area (Å²) in [5.41, 5.74) is 1.05. The first-order valence-corrected chi connectivity index (χ1v) is 8.24. The van der Waals surface area contributed by atoms with Crippen LogP contribution >= 0.6 is 11.3 Å². The maximum atomic E-state index is 12.9. The van der Waals surface area contributed by atoms with Gasteiger partial charge in [0.15, 0.2) is 5.43 Å². The number of benzene rings is 3. The number of ether oxygens (including phenoxy) is 1. The summed E-state index contributed by atoms with van der Waals surface area (Å²) in [6.07, 6.45) is 0. The van der Waals surface area contributed by atoms with Crippen LogP contribution in [0.5, 0.6) is 11.5 Å². The van der Waals surface area contributed by atoms with Crippen molar-refractivity contribution in [1.29, 1.82) is 0 Å². The van der Waals surface area contributed by atoms with Gasteiger partial charge in [0.2, 0.25) is 0 Å². The third-order valence-corrected chi connectivity index (χ3v) is 5.06. The first-order chi connectivity index (χ1) is 11.2. The number of hydrogen-bond acceptors (Lipinski definition) is 3. The van der Waals surface area contributed by atoms with Crippen molar-refractivity contribution in [3.8, 4) is 11.5 Å². The van der Waals surface area contributed by atoms with E-state index in [9.17, 15) is 4.79 Å². The van der Waals surface area contributed by atoms with Crippen LogP contribution in [0.1, 0.15) is 5.56 Å². The van der Waals surface area contributed by atoms with E-state index >= 15 is 0 Å². The summed E-state index contributed by atoms with van der Waals surface area (Å²) in [7, 11) is 0. The van der Waals surface area contributed by atoms with Crippen LogP contribution in [0.2, 0.25) is 0 Å². The van der Waals surface area contributed by atoms with Gasteiger partial charge in [-0.3, -0.25) is 4.79 Å². The first-order valence-electron chi connectivity index (χ1n) is 7.42. The molecule has 0 atom stereocenters. The van der Waals surface area contributed by atoms with Crippen molar-refractivity contribution in [3.05, 3.63) is 82.5 Å². The molecule has 1 heterocycles. The molecule has 0 fully saturated rings. The second-order valence-electron chi connectivity index (χ2n) is 5.43. The van der Waals surface area contributed by atoms with E-state index in [0.717, 1.165) is 37.2 Å². The van der Waals surface area contributed by atoms with Crippen LogP contribution in [-0.4, -0.2) is 0 Å². The van der Waals surface area contributed by atoms with Crippen molar-refractivity contribution in [3.63, 3.8) is 0 Å². The van der Waals surface area contributed by atoms with Crippen molar-refractivity contribution in [1.82, 2.24) is 0 Å². The molecule has 0 saturated carbocycles. The third kappa shape index (κ3) is 2.39. The molecule has 4 rings (SSSR count). The summed E-state index contributed by atoms with van der Waals surface area (Å²) < 4.78 is 7.90. The second-order valence-corrected chi connectivity index (χ2v) is 6.48. The van der Waals surface area contributed by atoms with Crippen molar-refractivity contribution < 1.29 is 4.74 Å². The van der Waals surface area contributed by atoms with Gasteiger partial charge in [0.1, 0.15) is 11.5 Å². The van der Waals surface area contributed by atoms with Gasteiger partial charge in [-0.25, -0.2) is 0 Å². The molecular weight excluding hydrogens is 304 g/mol. The van der Waals surface area contributed by atoms with Crippen LogP contribution in [0.4, 0.5) is 0 Å². The maximum Gasteiger partial charge on any atom is 0.196 e. The highest BCUT2D eigenvalue weighted by Gasteiger charge is 2.13. The lowest BCUT2D eigenvalue weighted by molar-refractivity contribution is 0.489. The molecule has 1 aromatic heterocycles. The summed E-state index contributed by atoms with van der Waals surface area (Å²) in [6, 6.07) is 21.3. The number of para-hydroxylation sites is 1. The average molecular weight is 318 g/mol. The van der Waals surface area contributed by atoms with Crippen LogP contribution in [0, 0.1) is 6.92 Å². The van der Waals surface area contributed by atoms with Gasteiger partial charge in [0.25, 0.3) is 0 Å². The molecule has 0 aliphatic heterocycles. The van der Waals surface area contributed by atoms with E-state index in [-0.39, 0.29) is 5.43 Å². The molecule has 0 bridgehead atoms. The van der Waals surface area contributed by atoms with E-state index in [0.29, 0.717) is 0 Å². The van der Waals surface area contributed by atoms with Gasteiger partial charge in [-0.1, -0.05) is 36.4 Å². The van der Waals surface area contributed by atoms with Gasteiger partial charge >= 0.3 is 0 Å². The standard InChI is InChI=1S/C20H14O2S/c1-13-11-12-16(22-14-7-3-2-4-8-14)20-18(13)19(21)15-9-5-6-10-17(15)23-20/h2-12H,1H3. The summed E-state index contributed by atoms with van der Waals surface area (Å²) in [4.78, 5) is 12.9. The maximum absolute atomic E-state index is 12.9. The highest BCUT2D eigenvalue weighted by molar-refractivity contribution is 7.24. The molecule has 0 aliphatic rings. The van der Waals surface area contributed by atoms with Gasteiger partial charge in [-0.2, -0.15) is 0 Å². The lowest BCUT2D eigenvalue weighted by Crippen LogP contribution is -2.03. The van der Waals surface area contributed by atoms with E-state index in [1.807, 2.05) is 73.7 Å². The van der Waals surface area contributed by atoms with E-state index < -0.39 is 0 Å². The molecule has 0 N–H and O–H groups in total. The summed E-state index contributed by atoms with van der Waals surface area (Å²) in [5, 5.41) is 1.52. The van der Waals surface area contributed by atoms with E-state index in [1.54, 1.807) is 11.3 Å². The quantitative estimate of drug-likeness (QED) is 0.455. The normalized spacial score (nSPS) is 11.0. The molecular formula is C20H14O2S. The van der Waals surface area contributed by atoms with Crippen LogP contribution in [0.25, 0.3) is 20.2 Å². The van der Waals surface area contributed by atoms with Crippen LogP contribution in [0.15, 0.2) is 71.5 Å². The van der Waals surface area contributed by atoms with Crippen molar-refractivity contribution >= 4 is 31.5 Å². The minimum absolute atomic E-state index is 0.0744. The molecule has 0 amide bonds. The fraction of sp³-hybridized carbons (Fsp3) is 0.0500. The molecule has 112 valence electrons. The van der Waals surface area contributed by atoms with Gasteiger partial charge < -0.3 is 4.74 Å². The van der Waals surface area contributed by atoms with Gasteiger partial charge in [0, 0.05) is 15.5 Å². The fourth-order valence-corrected chi connectivity index (χ4v) is 3.93. The zero-order valence-corrected chi connectivity index (χ0v) is 13.4. The molecule has 4 aromatic rings. The Morgan fingerprint density at radius 3 is 2.43 bits per heavy atom. The second kappa shape index (κ2) is 5.52. The van der Waals surface area contributed by atoms with Crippen molar-refractivity contribution in [2.24, 2.45) is 0 Å². The summed E-state index contributed by atoms with van der Waals surface area (Å²) >= 11 is 1.60. The van der Waals surface area contributed by atoms with Crippen molar-refractivity contribution in [2.45, 2.75) is 6.92 Å².